The van der Waals surface area contributed by atoms with E-state index in [9.17, 15) is 0 Å². The molecule has 62 valence electrons. The normalized spacial score (nSPS) is 13.3. The van der Waals surface area contributed by atoms with Gasteiger partial charge in [-0.2, -0.15) is 5.10 Å². The standard InChI is InChI=1S/C7H13N3O/c1-6(5-11-2)10-4-7(8)3-9-10/h3-4,6H,5,8H2,1-2H3/t6-/m0/s1. The molecule has 1 aromatic rings. The molecule has 0 aliphatic heterocycles. The number of aromatic nitrogens is 2. The third-order valence-electron chi connectivity index (χ3n) is 1.48. The lowest BCUT2D eigenvalue weighted by molar-refractivity contribution is 0.157. The molecule has 4 nitrogen and oxygen atoms in total. The van der Waals surface area contributed by atoms with Gasteiger partial charge in [-0.05, 0) is 6.92 Å². The molecular weight excluding hydrogens is 142 g/mol. The average molecular weight is 155 g/mol. The molecule has 0 saturated carbocycles. The van der Waals surface area contributed by atoms with Gasteiger partial charge in [-0.25, -0.2) is 0 Å². The molecule has 1 atom stereocenters. The molecule has 0 saturated heterocycles. The molecule has 2 N–H and O–H groups in total. The second kappa shape index (κ2) is 3.39. The third-order valence-corrected chi connectivity index (χ3v) is 1.48. The largest absolute Gasteiger partial charge is 0.396 e. The van der Waals surface area contributed by atoms with Crippen molar-refractivity contribution in [3.63, 3.8) is 0 Å². The van der Waals surface area contributed by atoms with Crippen LogP contribution >= 0.6 is 0 Å². The molecule has 0 aliphatic rings. The van der Waals surface area contributed by atoms with Gasteiger partial charge in [-0.15, -0.1) is 0 Å². The van der Waals surface area contributed by atoms with E-state index in [1.54, 1.807) is 24.2 Å². The van der Waals surface area contributed by atoms with Gasteiger partial charge in [0.2, 0.25) is 0 Å². The summed E-state index contributed by atoms with van der Waals surface area (Å²) in [5.41, 5.74) is 6.18. The fourth-order valence-electron chi connectivity index (χ4n) is 0.911. The van der Waals surface area contributed by atoms with E-state index in [2.05, 4.69) is 5.10 Å². The molecule has 1 rings (SSSR count). The number of hydrogen-bond donors (Lipinski definition) is 1. The summed E-state index contributed by atoms with van der Waals surface area (Å²) in [6.07, 6.45) is 3.43. The second-order valence-electron chi connectivity index (χ2n) is 2.56. The van der Waals surface area contributed by atoms with Gasteiger partial charge in [0.05, 0.1) is 24.5 Å². The number of hydrogen-bond acceptors (Lipinski definition) is 3. The van der Waals surface area contributed by atoms with Crippen molar-refractivity contribution in [1.82, 2.24) is 9.78 Å². The summed E-state index contributed by atoms with van der Waals surface area (Å²) in [5, 5.41) is 4.05. The lowest BCUT2D eigenvalue weighted by Crippen LogP contribution is -2.11. The van der Waals surface area contributed by atoms with Crippen molar-refractivity contribution in [2.75, 3.05) is 19.5 Å². The van der Waals surface area contributed by atoms with Gasteiger partial charge < -0.3 is 10.5 Å². The molecule has 11 heavy (non-hydrogen) atoms. The number of ether oxygens (including phenoxy) is 1. The Morgan fingerprint density at radius 2 is 2.55 bits per heavy atom. The van der Waals surface area contributed by atoms with E-state index in [4.69, 9.17) is 10.5 Å². The quantitative estimate of drug-likeness (QED) is 0.698. The lowest BCUT2D eigenvalue weighted by Gasteiger charge is -2.09. The van der Waals surface area contributed by atoms with E-state index in [0.717, 1.165) is 0 Å². The van der Waals surface area contributed by atoms with Gasteiger partial charge in [0.1, 0.15) is 0 Å². The summed E-state index contributed by atoms with van der Waals surface area (Å²) in [6.45, 7) is 2.68. The monoisotopic (exact) mass is 155 g/mol. The maximum Gasteiger partial charge on any atom is 0.0725 e. The Morgan fingerprint density at radius 1 is 1.82 bits per heavy atom. The molecule has 1 aromatic heterocycles. The highest BCUT2D eigenvalue weighted by Crippen LogP contribution is 2.06. The zero-order chi connectivity index (χ0) is 8.27. The highest BCUT2D eigenvalue weighted by atomic mass is 16.5. The highest BCUT2D eigenvalue weighted by Gasteiger charge is 2.03. The van der Waals surface area contributed by atoms with Crippen molar-refractivity contribution in [3.05, 3.63) is 12.4 Å². The van der Waals surface area contributed by atoms with Gasteiger partial charge in [0, 0.05) is 13.3 Å². The molecule has 0 amide bonds. The lowest BCUT2D eigenvalue weighted by atomic mass is 10.4. The van der Waals surface area contributed by atoms with Crippen LogP contribution in [-0.2, 0) is 4.74 Å². The highest BCUT2D eigenvalue weighted by molar-refractivity contribution is 5.30. The predicted octanol–water partition coefficient (Wildman–Crippen LogP) is 0.673. The van der Waals surface area contributed by atoms with E-state index in [0.29, 0.717) is 12.3 Å². The van der Waals surface area contributed by atoms with Crippen LogP contribution in [0.4, 0.5) is 5.69 Å². The Balaban J connectivity index is 2.60. The first-order valence-electron chi connectivity index (χ1n) is 3.52. The van der Waals surface area contributed by atoms with Crippen molar-refractivity contribution in [3.8, 4) is 0 Å². The minimum atomic E-state index is 0.247. The average Bonchev–Trinajstić information content (AvgIpc) is 2.36. The van der Waals surface area contributed by atoms with Crippen LogP contribution in [0.1, 0.15) is 13.0 Å². The number of rotatable bonds is 3. The second-order valence-corrected chi connectivity index (χ2v) is 2.56. The molecule has 0 aliphatic carbocycles. The van der Waals surface area contributed by atoms with E-state index in [-0.39, 0.29) is 6.04 Å². The maximum absolute atomic E-state index is 5.49. The Labute approximate surface area is 66.0 Å². The molecule has 0 spiro atoms. The van der Waals surface area contributed by atoms with Crippen LogP contribution in [0.5, 0.6) is 0 Å². The number of nitrogen functional groups attached to an aromatic ring is 1. The van der Waals surface area contributed by atoms with E-state index in [1.165, 1.54) is 0 Å². The van der Waals surface area contributed by atoms with Crippen LogP contribution in [0.15, 0.2) is 12.4 Å². The van der Waals surface area contributed by atoms with Gasteiger partial charge in [0.15, 0.2) is 0 Å². The van der Waals surface area contributed by atoms with Crippen LogP contribution in [0.3, 0.4) is 0 Å². The molecule has 0 fully saturated rings. The van der Waals surface area contributed by atoms with Crippen molar-refractivity contribution < 1.29 is 4.74 Å². The Kier molecular flexibility index (Phi) is 2.48. The summed E-state index contributed by atoms with van der Waals surface area (Å²) in [7, 11) is 1.67. The maximum atomic E-state index is 5.49. The minimum absolute atomic E-state index is 0.247. The summed E-state index contributed by atoms with van der Waals surface area (Å²) >= 11 is 0. The van der Waals surface area contributed by atoms with E-state index < -0.39 is 0 Å². The molecule has 4 heteroatoms. The van der Waals surface area contributed by atoms with Crippen molar-refractivity contribution in [2.45, 2.75) is 13.0 Å². The zero-order valence-corrected chi connectivity index (χ0v) is 6.82. The first-order chi connectivity index (χ1) is 5.24. The first-order valence-corrected chi connectivity index (χ1v) is 3.52. The topological polar surface area (TPSA) is 53.1 Å². The smallest absolute Gasteiger partial charge is 0.0725 e. The van der Waals surface area contributed by atoms with E-state index >= 15 is 0 Å². The number of anilines is 1. The fourth-order valence-corrected chi connectivity index (χ4v) is 0.911. The van der Waals surface area contributed by atoms with Crippen LogP contribution in [0, 0.1) is 0 Å². The van der Waals surface area contributed by atoms with Crippen molar-refractivity contribution >= 4 is 5.69 Å². The number of nitrogens with two attached hydrogens (primary N) is 1. The molecule has 1 heterocycles. The summed E-state index contributed by atoms with van der Waals surface area (Å²) < 4.78 is 6.76. The number of methoxy groups -OCH3 is 1. The molecule has 0 radical (unpaired) electrons. The predicted molar refractivity (Wildman–Crippen MR) is 43.2 cm³/mol. The molecular formula is C7H13N3O. The van der Waals surface area contributed by atoms with Crippen LogP contribution in [0.2, 0.25) is 0 Å². The Bertz CT molecular complexity index is 221. The first kappa shape index (κ1) is 8.07. The molecule has 0 bridgehead atoms. The fraction of sp³-hybridized carbons (Fsp3) is 0.571. The molecule has 0 unspecified atom stereocenters. The minimum Gasteiger partial charge on any atom is -0.396 e. The van der Waals surface area contributed by atoms with Crippen molar-refractivity contribution in [1.29, 1.82) is 0 Å². The van der Waals surface area contributed by atoms with Gasteiger partial charge in [0.25, 0.3) is 0 Å². The third kappa shape index (κ3) is 1.94. The van der Waals surface area contributed by atoms with Crippen LogP contribution in [0.25, 0.3) is 0 Å². The molecule has 0 aromatic carbocycles. The van der Waals surface area contributed by atoms with Gasteiger partial charge >= 0.3 is 0 Å². The van der Waals surface area contributed by atoms with Crippen LogP contribution < -0.4 is 5.73 Å². The summed E-state index contributed by atoms with van der Waals surface area (Å²) in [6, 6.07) is 0.247. The van der Waals surface area contributed by atoms with Crippen LogP contribution in [-0.4, -0.2) is 23.5 Å². The summed E-state index contributed by atoms with van der Waals surface area (Å²) in [4.78, 5) is 0. The van der Waals surface area contributed by atoms with E-state index in [1.807, 2.05) is 6.92 Å². The zero-order valence-electron chi connectivity index (χ0n) is 6.82. The van der Waals surface area contributed by atoms with Crippen molar-refractivity contribution in [2.24, 2.45) is 0 Å². The SMILES string of the molecule is COC[C@H](C)n1cc(N)cn1. The summed E-state index contributed by atoms with van der Waals surface area (Å²) in [5.74, 6) is 0. The number of nitrogens with zero attached hydrogens (tertiary/aromatic N) is 2. The Morgan fingerprint density at radius 3 is 3.00 bits per heavy atom. The van der Waals surface area contributed by atoms with Gasteiger partial charge in [-0.3, -0.25) is 4.68 Å². The Hall–Kier alpha value is -1.03. The van der Waals surface area contributed by atoms with Gasteiger partial charge in [-0.1, -0.05) is 0 Å².